The molecule has 90 valence electrons. The van der Waals surface area contributed by atoms with Gasteiger partial charge in [0.1, 0.15) is 0 Å². The quantitative estimate of drug-likeness (QED) is 0.747. The lowest BCUT2D eigenvalue weighted by atomic mass is 10.0. The summed E-state index contributed by atoms with van der Waals surface area (Å²) >= 11 is 0. The van der Waals surface area contributed by atoms with Crippen LogP contribution in [0.4, 0.5) is 0 Å². The van der Waals surface area contributed by atoms with Crippen LogP contribution in [0, 0.1) is 13.8 Å². The standard InChI is InChI=1S/C14H17NO2/c1-10-5-6-12(8-11(10)2)13(16)9-15-7-3-4-14(15)17/h5-6,8H,3-4,7,9H2,1-2H3. The molecule has 17 heavy (non-hydrogen) atoms. The summed E-state index contributed by atoms with van der Waals surface area (Å²) < 4.78 is 0. The van der Waals surface area contributed by atoms with Crippen LogP contribution in [0.15, 0.2) is 18.2 Å². The number of likely N-dealkylation sites (tertiary alicyclic amines) is 1. The molecule has 2 rings (SSSR count). The van der Waals surface area contributed by atoms with Crippen molar-refractivity contribution in [1.29, 1.82) is 0 Å². The first-order valence-corrected chi connectivity index (χ1v) is 5.96. The second kappa shape index (κ2) is 4.70. The molecule has 1 aliphatic rings. The van der Waals surface area contributed by atoms with E-state index in [9.17, 15) is 9.59 Å². The van der Waals surface area contributed by atoms with Crippen LogP contribution in [-0.4, -0.2) is 29.7 Å². The fourth-order valence-corrected chi connectivity index (χ4v) is 2.05. The molecule has 1 aliphatic heterocycles. The Morgan fingerprint density at radius 1 is 1.29 bits per heavy atom. The maximum atomic E-state index is 12.0. The van der Waals surface area contributed by atoms with Crippen molar-refractivity contribution < 1.29 is 9.59 Å². The van der Waals surface area contributed by atoms with Crippen molar-refractivity contribution in [2.75, 3.05) is 13.1 Å². The molecule has 1 amide bonds. The summed E-state index contributed by atoms with van der Waals surface area (Å²) in [6.45, 7) is 4.96. The summed E-state index contributed by atoms with van der Waals surface area (Å²) in [6.07, 6.45) is 1.46. The molecule has 0 aliphatic carbocycles. The zero-order valence-electron chi connectivity index (χ0n) is 10.3. The number of rotatable bonds is 3. The molecule has 3 heteroatoms. The Hall–Kier alpha value is -1.64. The molecule has 0 radical (unpaired) electrons. The lowest BCUT2D eigenvalue weighted by Gasteiger charge is -2.14. The lowest BCUT2D eigenvalue weighted by Crippen LogP contribution is -2.30. The highest BCUT2D eigenvalue weighted by atomic mass is 16.2. The van der Waals surface area contributed by atoms with Crippen molar-refractivity contribution in [3.63, 3.8) is 0 Å². The number of carbonyl (C=O) groups is 2. The van der Waals surface area contributed by atoms with Crippen LogP contribution < -0.4 is 0 Å². The van der Waals surface area contributed by atoms with Crippen LogP contribution in [-0.2, 0) is 4.79 Å². The number of amides is 1. The molecule has 3 nitrogen and oxygen atoms in total. The van der Waals surface area contributed by atoms with E-state index < -0.39 is 0 Å². The van der Waals surface area contributed by atoms with Gasteiger partial charge >= 0.3 is 0 Å². The van der Waals surface area contributed by atoms with Crippen LogP contribution in [0.25, 0.3) is 0 Å². The minimum Gasteiger partial charge on any atom is -0.335 e. The third-order valence-electron chi connectivity index (χ3n) is 3.33. The van der Waals surface area contributed by atoms with Crippen molar-refractivity contribution in [2.45, 2.75) is 26.7 Å². The highest BCUT2D eigenvalue weighted by Gasteiger charge is 2.22. The van der Waals surface area contributed by atoms with E-state index in [1.165, 1.54) is 5.56 Å². The molecule has 0 spiro atoms. The zero-order chi connectivity index (χ0) is 12.4. The van der Waals surface area contributed by atoms with Gasteiger partial charge in [0.05, 0.1) is 6.54 Å². The van der Waals surface area contributed by atoms with Gasteiger partial charge in [0.15, 0.2) is 5.78 Å². The predicted molar refractivity (Wildman–Crippen MR) is 66.1 cm³/mol. The molecular weight excluding hydrogens is 214 g/mol. The monoisotopic (exact) mass is 231 g/mol. The maximum absolute atomic E-state index is 12.0. The molecule has 0 atom stereocenters. The SMILES string of the molecule is Cc1ccc(C(=O)CN2CCCC2=O)cc1C. The van der Waals surface area contributed by atoms with Gasteiger partial charge in [-0.3, -0.25) is 9.59 Å². The van der Waals surface area contributed by atoms with E-state index in [0.29, 0.717) is 12.0 Å². The van der Waals surface area contributed by atoms with Gasteiger partial charge in [-0.2, -0.15) is 0 Å². The van der Waals surface area contributed by atoms with E-state index in [4.69, 9.17) is 0 Å². The van der Waals surface area contributed by atoms with Crippen LogP contribution in [0.3, 0.4) is 0 Å². The first-order valence-electron chi connectivity index (χ1n) is 5.96. The fraction of sp³-hybridized carbons (Fsp3) is 0.429. The molecule has 1 aromatic rings. The van der Waals surface area contributed by atoms with Gasteiger partial charge in [0, 0.05) is 18.5 Å². The van der Waals surface area contributed by atoms with E-state index in [2.05, 4.69) is 0 Å². The lowest BCUT2D eigenvalue weighted by molar-refractivity contribution is -0.127. The molecule has 1 saturated heterocycles. The average Bonchev–Trinajstić information content (AvgIpc) is 2.68. The molecular formula is C14H17NO2. The number of Topliss-reactive ketones (excluding diaryl/α,β-unsaturated/α-hetero) is 1. The molecule has 0 aromatic heterocycles. The van der Waals surface area contributed by atoms with E-state index in [0.717, 1.165) is 18.5 Å². The molecule has 0 unspecified atom stereocenters. The Bertz CT molecular complexity index is 465. The Morgan fingerprint density at radius 2 is 2.06 bits per heavy atom. The summed E-state index contributed by atoms with van der Waals surface area (Å²) in [5, 5.41) is 0. The Morgan fingerprint density at radius 3 is 2.65 bits per heavy atom. The highest BCUT2D eigenvalue weighted by Crippen LogP contribution is 2.13. The molecule has 0 N–H and O–H groups in total. The van der Waals surface area contributed by atoms with Crippen molar-refractivity contribution >= 4 is 11.7 Å². The van der Waals surface area contributed by atoms with Crippen LogP contribution in [0.1, 0.15) is 34.3 Å². The van der Waals surface area contributed by atoms with Gasteiger partial charge in [-0.15, -0.1) is 0 Å². The van der Waals surface area contributed by atoms with Gasteiger partial charge in [0.2, 0.25) is 5.91 Å². The van der Waals surface area contributed by atoms with Gasteiger partial charge in [-0.25, -0.2) is 0 Å². The van der Waals surface area contributed by atoms with E-state index in [1.807, 2.05) is 32.0 Å². The number of aryl methyl sites for hydroxylation is 2. The minimum absolute atomic E-state index is 0.0309. The summed E-state index contributed by atoms with van der Waals surface area (Å²) in [6, 6.07) is 5.69. The molecule has 1 aromatic carbocycles. The third-order valence-corrected chi connectivity index (χ3v) is 3.33. The number of benzene rings is 1. The first-order chi connectivity index (χ1) is 8.08. The van der Waals surface area contributed by atoms with Crippen LogP contribution in [0.5, 0.6) is 0 Å². The van der Waals surface area contributed by atoms with E-state index >= 15 is 0 Å². The number of hydrogen-bond donors (Lipinski definition) is 0. The van der Waals surface area contributed by atoms with Crippen molar-refractivity contribution in [2.24, 2.45) is 0 Å². The highest BCUT2D eigenvalue weighted by molar-refractivity contribution is 5.99. The summed E-state index contributed by atoms with van der Waals surface area (Å²) in [7, 11) is 0. The zero-order valence-corrected chi connectivity index (χ0v) is 10.3. The normalized spacial score (nSPS) is 15.4. The van der Waals surface area contributed by atoms with Crippen molar-refractivity contribution in [1.82, 2.24) is 4.90 Å². The Balaban J connectivity index is 2.09. The van der Waals surface area contributed by atoms with Gasteiger partial charge in [-0.1, -0.05) is 12.1 Å². The Labute approximate surface area is 101 Å². The smallest absolute Gasteiger partial charge is 0.223 e. The van der Waals surface area contributed by atoms with Crippen LogP contribution >= 0.6 is 0 Å². The summed E-state index contributed by atoms with van der Waals surface area (Å²) in [5.74, 6) is 0.130. The first kappa shape index (κ1) is 11.8. The molecule has 0 bridgehead atoms. The van der Waals surface area contributed by atoms with Crippen LogP contribution in [0.2, 0.25) is 0 Å². The second-order valence-electron chi connectivity index (χ2n) is 4.64. The number of nitrogens with zero attached hydrogens (tertiary/aromatic N) is 1. The predicted octanol–water partition coefficient (Wildman–Crippen LogP) is 2.11. The molecule has 0 saturated carbocycles. The van der Waals surface area contributed by atoms with E-state index in [1.54, 1.807) is 4.90 Å². The number of hydrogen-bond acceptors (Lipinski definition) is 2. The van der Waals surface area contributed by atoms with Crippen molar-refractivity contribution in [3.8, 4) is 0 Å². The molecule has 1 fully saturated rings. The number of ketones is 1. The number of carbonyl (C=O) groups excluding carboxylic acids is 2. The topological polar surface area (TPSA) is 37.4 Å². The third kappa shape index (κ3) is 2.54. The minimum atomic E-state index is 0.0309. The summed E-state index contributed by atoms with van der Waals surface area (Å²) in [4.78, 5) is 25.1. The molecule has 1 heterocycles. The van der Waals surface area contributed by atoms with Crippen molar-refractivity contribution in [3.05, 3.63) is 34.9 Å². The fourth-order valence-electron chi connectivity index (χ4n) is 2.05. The average molecular weight is 231 g/mol. The Kier molecular flexibility index (Phi) is 3.27. The maximum Gasteiger partial charge on any atom is 0.223 e. The summed E-state index contributed by atoms with van der Waals surface area (Å²) in [5.41, 5.74) is 3.00. The van der Waals surface area contributed by atoms with E-state index in [-0.39, 0.29) is 18.2 Å². The van der Waals surface area contributed by atoms with Gasteiger partial charge < -0.3 is 4.90 Å². The van der Waals surface area contributed by atoms with Gasteiger partial charge in [0.25, 0.3) is 0 Å². The largest absolute Gasteiger partial charge is 0.335 e. The van der Waals surface area contributed by atoms with Gasteiger partial charge in [-0.05, 0) is 37.5 Å². The second-order valence-corrected chi connectivity index (χ2v) is 4.64.